The minimum atomic E-state index is -1.19. The quantitative estimate of drug-likeness (QED) is 0.722. The molecular weight excluding hydrogens is 366 g/mol. The molecule has 0 radical (unpaired) electrons. The van der Waals surface area contributed by atoms with E-state index in [2.05, 4.69) is 9.97 Å². The van der Waals surface area contributed by atoms with Crippen molar-refractivity contribution in [2.75, 3.05) is 6.61 Å². The predicted octanol–water partition coefficient (Wildman–Crippen LogP) is 4.21. The van der Waals surface area contributed by atoms with Gasteiger partial charge in [0.15, 0.2) is 6.61 Å². The van der Waals surface area contributed by atoms with Crippen molar-refractivity contribution in [2.45, 2.75) is 0 Å². The maximum absolute atomic E-state index is 13.8. The van der Waals surface area contributed by atoms with Gasteiger partial charge in [0.2, 0.25) is 0 Å². The average molecular weight is 377 g/mol. The minimum Gasteiger partial charge on any atom is -0.479 e. The number of aromatic nitrogens is 2. The number of carboxylic acid groups (broad SMARTS) is 1. The van der Waals surface area contributed by atoms with Crippen LogP contribution in [0.5, 0.6) is 6.01 Å². The second kappa shape index (κ2) is 7.45. The van der Waals surface area contributed by atoms with E-state index in [4.69, 9.17) is 21.4 Å². The molecule has 0 bridgehead atoms. The van der Waals surface area contributed by atoms with Crippen molar-refractivity contribution >= 4 is 17.6 Å². The van der Waals surface area contributed by atoms with E-state index in [1.807, 2.05) is 0 Å². The molecule has 8 heteroatoms. The fourth-order valence-corrected chi connectivity index (χ4v) is 2.31. The van der Waals surface area contributed by atoms with Crippen molar-refractivity contribution < 1.29 is 23.4 Å². The topological polar surface area (TPSA) is 72.3 Å². The van der Waals surface area contributed by atoms with Crippen molar-refractivity contribution in [3.05, 3.63) is 65.2 Å². The molecule has 3 aromatic rings. The Morgan fingerprint density at radius 3 is 2.23 bits per heavy atom. The summed E-state index contributed by atoms with van der Waals surface area (Å²) in [6, 6.07) is 11.0. The highest BCUT2D eigenvalue weighted by Crippen LogP contribution is 2.28. The number of carboxylic acids is 1. The summed E-state index contributed by atoms with van der Waals surface area (Å²) in [6.45, 7) is -0.638. The third-order valence-corrected chi connectivity index (χ3v) is 3.69. The molecule has 0 aliphatic heterocycles. The van der Waals surface area contributed by atoms with Crippen LogP contribution in [-0.2, 0) is 4.79 Å². The normalized spacial score (nSPS) is 10.6. The van der Waals surface area contributed by atoms with Crippen molar-refractivity contribution in [1.29, 1.82) is 0 Å². The van der Waals surface area contributed by atoms with Crippen LogP contribution in [0.1, 0.15) is 0 Å². The Morgan fingerprint density at radius 1 is 1.00 bits per heavy atom. The van der Waals surface area contributed by atoms with Gasteiger partial charge in [-0.3, -0.25) is 0 Å². The van der Waals surface area contributed by atoms with Crippen LogP contribution in [0, 0.1) is 11.6 Å². The zero-order valence-corrected chi connectivity index (χ0v) is 13.9. The molecule has 0 unspecified atom stereocenters. The standard InChI is InChI=1S/C18H11ClF2N2O3/c19-13-6-3-11(7-14(13)21)16-8-15(10-1-4-12(20)5-2-10)22-18(23-16)26-9-17(24)25/h1-8H,9H2,(H,24,25). The lowest BCUT2D eigenvalue weighted by atomic mass is 10.1. The smallest absolute Gasteiger partial charge is 0.341 e. The zero-order chi connectivity index (χ0) is 18.7. The number of benzene rings is 2. The molecule has 0 saturated carbocycles. The molecule has 132 valence electrons. The summed E-state index contributed by atoms with van der Waals surface area (Å²) in [6.07, 6.45) is 0. The largest absolute Gasteiger partial charge is 0.479 e. The first-order chi connectivity index (χ1) is 12.4. The number of halogens is 3. The number of aliphatic carboxylic acids is 1. The Hall–Kier alpha value is -3.06. The molecule has 1 N–H and O–H groups in total. The van der Waals surface area contributed by atoms with Gasteiger partial charge in [-0.05, 0) is 42.5 Å². The third-order valence-electron chi connectivity index (χ3n) is 3.39. The van der Waals surface area contributed by atoms with E-state index in [1.54, 1.807) is 12.1 Å². The summed E-state index contributed by atoms with van der Waals surface area (Å²) in [7, 11) is 0. The lowest BCUT2D eigenvalue weighted by Crippen LogP contribution is -2.11. The van der Waals surface area contributed by atoms with Gasteiger partial charge in [0.05, 0.1) is 16.4 Å². The molecule has 3 rings (SSSR count). The molecule has 0 aliphatic rings. The fourth-order valence-electron chi connectivity index (χ4n) is 2.19. The first-order valence-corrected chi connectivity index (χ1v) is 7.75. The van der Waals surface area contributed by atoms with Crippen molar-refractivity contribution in [3.63, 3.8) is 0 Å². The number of hydrogen-bond acceptors (Lipinski definition) is 4. The number of rotatable bonds is 5. The van der Waals surface area contributed by atoms with Crippen LogP contribution in [-0.4, -0.2) is 27.7 Å². The van der Waals surface area contributed by atoms with E-state index in [0.29, 0.717) is 22.5 Å². The highest BCUT2D eigenvalue weighted by atomic mass is 35.5. The number of nitrogens with zero attached hydrogens (tertiary/aromatic N) is 2. The van der Waals surface area contributed by atoms with E-state index in [9.17, 15) is 13.6 Å². The molecule has 2 aromatic carbocycles. The summed E-state index contributed by atoms with van der Waals surface area (Å²) < 4.78 is 32.0. The van der Waals surface area contributed by atoms with E-state index >= 15 is 0 Å². The maximum atomic E-state index is 13.8. The van der Waals surface area contributed by atoms with Gasteiger partial charge < -0.3 is 9.84 Å². The van der Waals surface area contributed by atoms with E-state index in [1.165, 1.54) is 36.4 Å². The molecule has 5 nitrogen and oxygen atoms in total. The van der Waals surface area contributed by atoms with Crippen LogP contribution in [0.25, 0.3) is 22.5 Å². The van der Waals surface area contributed by atoms with Crippen molar-refractivity contribution in [2.24, 2.45) is 0 Å². The molecule has 1 heterocycles. The molecule has 0 amide bonds. The van der Waals surface area contributed by atoms with Gasteiger partial charge in [-0.1, -0.05) is 17.7 Å². The van der Waals surface area contributed by atoms with Crippen LogP contribution in [0.2, 0.25) is 5.02 Å². The Kier molecular flexibility index (Phi) is 5.09. The predicted molar refractivity (Wildman–Crippen MR) is 91.0 cm³/mol. The Labute approximate surface area is 151 Å². The highest BCUT2D eigenvalue weighted by molar-refractivity contribution is 6.30. The van der Waals surface area contributed by atoms with Crippen molar-refractivity contribution in [3.8, 4) is 28.5 Å². The first-order valence-electron chi connectivity index (χ1n) is 7.37. The van der Waals surface area contributed by atoms with Crippen LogP contribution in [0.3, 0.4) is 0 Å². The summed E-state index contributed by atoms with van der Waals surface area (Å²) >= 11 is 5.69. The molecule has 0 aliphatic carbocycles. The molecule has 0 atom stereocenters. The monoisotopic (exact) mass is 376 g/mol. The van der Waals surface area contributed by atoms with Crippen LogP contribution in [0.15, 0.2) is 48.5 Å². The molecule has 0 fully saturated rings. The first kappa shape index (κ1) is 17.8. The van der Waals surface area contributed by atoms with Gasteiger partial charge in [-0.2, -0.15) is 9.97 Å². The number of carbonyl (C=O) groups is 1. The van der Waals surface area contributed by atoms with Gasteiger partial charge in [0.1, 0.15) is 11.6 Å². The zero-order valence-electron chi connectivity index (χ0n) is 13.1. The molecule has 0 saturated heterocycles. The molecule has 0 spiro atoms. The summed E-state index contributed by atoms with van der Waals surface area (Å²) in [5.74, 6) is -2.23. The van der Waals surface area contributed by atoms with E-state index in [-0.39, 0.29) is 11.0 Å². The Morgan fingerprint density at radius 2 is 1.62 bits per heavy atom. The van der Waals surface area contributed by atoms with E-state index in [0.717, 1.165) is 0 Å². The Bertz CT molecular complexity index is 965. The van der Waals surface area contributed by atoms with Gasteiger partial charge in [0, 0.05) is 11.1 Å². The Balaban J connectivity index is 2.08. The molecular formula is C18H11ClF2N2O3. The molecule has 26 heavy (non-hydrogen) atoms. The lowest BCUT2D eigenvalue weighted by Gasteiger charge is -2.09. The van der Waals surface area contributed by atoms with Crippen LogP contribution in [0.4, 0.5) is 8.78 Å². The lowest BCUT2D eigenvalue weighted by molar-refractivity contribution is -0.139. The third kappa shape index (κ3) is 4.12. The van der Waals surface area contributed by atoms with Crippen molar-refractivity contribution in [1.82, 2.24) is 9.97 Å². The maximum Gasteiger partial charge on any atom is 0.341 e. The highest BCUT2D eigenvalue weighted by Gasteiger charge is 2.12. The number of ether oxygens (including phenoxy) is 1. The minimum absolute atomic E-state index is 0.0380. The van der Waals surface area contributed by atoms with E-state index < -0.39 is 24.2 Å². The van der Waals surface area contributed by atoms with Gasteiger partial charge >= 0.3 is 12.0 Å². The second-order valence-electron chi connectivity index (χ2n) is 5.24. The van der Waals surface area contributed by atoms with Crippen LogP contribution < -0.4 is 4.74 Å². The van der Waals surface area contributed by atoms with Gasteiger partial charge in [-0.15, -0.1) is 0 Å². The van der Waals surface area contributed by atoms with Crippen LogP contribution >= 0.6 is 11.6 Å². The second-order valence-corrected chi connectivity index (χ2v) is 5.65. The fraction of sp³-hybridized carbons (Fsp3) is 0.0556. The summed E-state index contributed by atoms with van der Waals surface area (Å²) in [5.41, 5.74) is 1.63. The summed E-state index contributed by atoms with van der Waals surface area (Å²) in [4.78, 5) is 19.0. The average Bonchev–Trinajstić information content (AvgIpc) is 2.62. The SMILES string of the molecule is O=C(O)COc1nc(-c2ccc(F)cc2)cc(-c2ccc(Cl)c(F)c2)n1. The number of hydrogen-bond donors (Lipinski definition) is 1. The summed E-state index contributed by atoms with van der Waals surface area (Å²) in [5, 5.41) is 8.72. The van der Waals surface area contributed by atoms with Gasteiger partial charge in [0.25, 0.3) is 0 Å². The van der Waals surface area contributed by atoms with Gasteiger partial charge in [-0.25, -0.2) is 13.6 Å². The molecule has 1 aromatic heterocycles.